The Morgan fingerprint density at radius 2 is 2.08 bits per heavy atom. The van der Waals surface area contributed by atoms with Crippen LogP contribution in [0.2, 0.25) is 0 Å². The van der Waals surface area contributed by atoms with Gasteiger partial charge >= 0.3 is 0 Å². The van der Waals surface area contributed by atoms with Crippen LogP contribution in [-0.2, 0) is 9.59 Å². The van der Waals surface area contributed by atoms with Crippen LogP contribution in [0.25, 0.3) is 0 Å². The first-order valence-corrected chi connectivity index (χ1v) is 4.55. The molecule has 0 heterocycles. The van der Waals surface area contributed by atoms with Crippen LogP contribution in [0.5, 0.6) is 0 Å². The molecule has 2 heteroatoms. The fraction of sp³-hybridized carbons (Fsp3) is 0.600. The molecule has 1 saturated carbocycles. The summed E-state index contributed by atoms with van der Waals surface area (Å²) in [5.74, 6) is 0.458. The molecular formula is C10H12O2. The number of allylic oxidation sites excluding steroid dienone is 2. The lowest BCUT2D eigenvalue weighted by atomic mass is 9.76. The molecule has 2 aliphatic rings. The predicted octanol–water partition coefficient (Wildman–Crippen LogP) is 1.64. The highest BCUT2D eigenvalue weighted by Gasteiger charge is 2.32. The first-order valence-electron chi connectivity index (χ1n) is 4.55. The standard InChI is InChI=1S/C10H12O2/c11-9-5-6-10(12)8-4-2-1-3-7(8)9/h3,8H,1-2,4-6H2. The number of Topliss-reactive ketones (excluding diaryl/α,β-unsaturated/α-hetero) is 2. The molecule has 0 amide bonds. The SMILES string of the molecule is O=C1CCC(=O)C2CCCC=C12. The second-order valence-electron chi connectivity index (χ2n) is 3.53. The molecule has 1 fully saturated rings. The van der Waals surface area contributed by atoms with Gasteiger partial charge in [-0.2, -0.15) is 0 Å². The van der Waals surface area contributed by atoms with Crippen molar-refractivity contribution in [2.45, 2.75) is 32.1 Å². The van der Waals surface area contributed by atoms with Gasteiger partial charge in [-0.3, -0.25) is 9.59 Å². The zero-order chi connectivity index (χ0) is 8.55. The van der Waals surface area contributed by atoms with Crippen molar-refractivity contribution in [1.82, 2.24) is 0 Å². The van der Waals surface area contributed by atoms with E-state index >= 15 is 0 Å². The molecular weight excluding hydrogens is 152 g/mol. The molecule has 0 spiro atoms. The smallest absolute Gasteiger partial charge is 0.159 e. The number of hydrogen-bond donors (Lipinski definition) is 0. The summed E-state index contributed by atoms with van der Waals surface area (Å²) in [4.78, 5) is 22.7. The molecule has 2 aliphatic carbocycles. The minimum absolute atomic E-state index is 0.0278. The molecule has 12 heavy (non-hydrogen) atoms. The van der Waals surface area contributed by atoms with Gasteiger partial charge in [-0.25, -0.2) is 0 Å². The summed E-state index contributed by atoms with van der Waals surface area (Å²) >= 11 is 0. The van der Waals surface area contributed by atoms with Crippen LogP contribution in [-0.4, -0.2) is 11.6 Å². The zero-order valence-corrected chi connectivity index (χ0v) is 7.01. The van der Waals surface area contributed by atoms with Gasteiger partial charge in [0.2, 0.25) is 0 Å². The number of carbonyl (C=O) groups excluding carboxylic acids is 2. The lowest BCUT2D eigenvalue weighted by Crippen LogP contribution is -2.29. The van der Waals surface area contributed by atoms with Gasteiger partial charge in [-0.05, 0) is 19.3 Å². The van der Waals surface area contributed by atoms with Crippen LogP contribution in [0.15, 0.2) is 11.6 Å². The van der Waals surface area contributed by atoms with Crippen LogP contribution >= 0.6 is 0 Å². The van der Waals surface area contributed by atoms with Gasteiger partial charge < -0.3 is 0 Å². The minimum Gasteiger partial charge on any atom is -0.299 e. The van der Waals surface area contributed by atoms with E-state index in [0.29, 0.717) is 12.8 Å². The molecule has 0 aromatic carbocycles. The van der Waals surface area contributed by atoms with E-state index in [4.69, 9.17) is 0 Å². The third-order valence-corrected chi connectivity index (χ3v) is 2.75. The molecule has 1 atom stereocenters. The van der Waals surface area contributed by atoms with Crippen LogP contribution < -0.4 is 0 Å². The monoisotopic (exact) mass is 164 g/mol. The van der Waals surface area contributed by atoms with Crippen LogP contribution in [0, 0.1) is 5.92 Å². The van der Waals surface area contributed by atoms with Crippen molar-refractivity contribution in [2.75, 3.05) is 0 Å². The van der Waals surface area contributed by atoms with Gasteiger partial charge in [0.05, 0.1) is 0 Å². The van der Waals surface area contributed by atoms with E-state index in [9.17, 15) is 9.59 Å². The average molecular weight is 164 g/mol. The zero-order valence-electron chi connectivity index (χ0n) is 7.01. The fourth-order valence-corrected chi connectivity index (χ4v) is 2.08. The summed E-state index contributed by atoms with van der Waals surface area (Å²) in [6.07, 6.45) is 5.82. The highest BCUT2D eigenvalue weighted by Crippen LogP contribution is 2.32. The van der Waals surface area contributed by atoms with Crippen molar-refractivity contribution in [3.63, 3.8) is 0 Å². The Hall–Kier alpha value is -0.920. The second kappa shape index (κ2) is 2.85. The Bertz CT molecular complexity index is 263. The molecule has 0 radical (unpaired) electrons. The Labute approximate surface area is 71.6 Å². The van der Waals surface area contributed by atoms with Gasteiger partial charge in [0.1, 0.15) is 5.78 Å². The van der Waals surface area contributed by atoms with E-state index in [2.05, 4.69) is 0 Å². The Balaban J connectivity index is 2.31. The highest BCUT2D eigenvalue weighted by molar-refractivity contribution is 6.07. The van der Waals surface area contributed by atoms with Crippen molar-refractivity contribution >= 4 is 11.6 Å². The topological polar surface area (TPSA) is 34.1 Å². The van der Waals surface area contributed by atoms with Gasteiger partial charge in [0.15, 0.2) is 5.78 Å². The Morgan fingerprint density at radius 1 is 1.25 bits per heavy atom. The van der Waals surface area contributed by atoms with Gasteiger partial charge in [-0.1, -0.05) is 6.08 Å². The molecule has 64 valence electrons. The maximum absolute atomic E-state index is 11.4. The number of ketones is 2. The maximum Gasteiger partial charge on any atom is 0.159 e. The highest BCUT2D eigenvalue weighted by atomic mass is 16.1. The first-order chi connectivity index (χ1) is 5.79. The lowest BCUT2D eigenvalue weighted by Gasteiger charge is -2.25. The number of fused-ring (bicyclic) bond motifs is 1. The van der Waals surface area contributed by atoms with E-state index in [1.54, 1.807) is 0 Å². The largest absolute Gasteiger partial charge is 0.299 e. The van der Waals surface area contributed by atoms with E-state index in [-0.39, 0.29) is 17.5 Å². The van der Waals surface area contributed by atoms with Crippen molar-refractivity contribution in [3.05, 3.63) is 11.6 Å². The van der Waals surface area contributed by atoms with Gasteiger partial charge in [-0.15, -0.1) is 0 Å². The second-order valence-corrected chi connectivity index (χ2v) is 3.53. The maximum atomic E-state index is 11.4. The van der Waals surface area contributed by atoms with Crippen LogP contribution in [0.1, 0.15) is 32.1 Å². The molecule has 0 aliphatic heterocycles. The van der Waals surface area contributed by atoms with Crippen LogP contribution in [0.4, 0.5) is 0 Å². The fourth-order valence-electron chi connectivity index (χ4n) is 2.08. The summed E-state index contributed by atoms with van der Waals surface area (Å²) in [7, 11) is 0. The molecule has 1 unspecified atom stereocenters. The normalized spacial score (nSPS) is 29.7. The quantitative estimate of drug-likeness (QED) is 0.545. The first kappa shape index (κ1) is 7.71. The van der Waals surface area contributed by atoms with Gasteiger partial charge in [0, 0.05) is 24.3 Å². The number of carbonyl (C=O) groups is 2. The molecule has 2 nitrogen and oxygen atoms in total. The summed E-state index contributed by atoms with van der Waals surface area (Å²) in [6, 6.07) is 0. The molecule has 2 rings (SSSR count). The Kier molecular flexibility index (Phi) is 1.83. The van der Waals surface area contributed by atoms with Crippen molar-refractivity contribution in [1.29, 1.82) is 0 Å². The molecule has 0 N–H and O–H groups in total. The average Bonchev–Trinajstić information content (AvgIpc) is 2.12. The molecule has 0 saturated heterocycles. The van der Waals surface area contributed by atoms with Crippen LogP contribution in [0.3, 0.4) is 0 Å². The third-order valence-electron chi connectivity index (χ3n) is 2.75. The van der Waals surface area contributed by atoms with Crippen molar-refractivity contribution in [2.24, 2.45) is 5.92 Å². The molecule has 0 aromatic rings. The lowest BCUT2D eigenvalue weighted by molar-refractivity contribution is -0.129. The van der Waals surface area contributed by atoms with Gasteiger partial charge in [0.25, 0.3) is 0 Å². The minimum atomic E-state index is -0.0278. The number of rotatable bonds is 0. The summed E-state index contributed by atoms with van der Waals surface area (Å²) in [5, 5.41) is 0. The number of hydrogen-bond acceptors (Lipinski definition) is 2. The summed E-state index contributed by atoms with van der Waals surface area (Å²) in [6.45, 7) is 0. The third kappa shape index (κ3) is 1.11. The van der Waals surface area contributed by atoms with Crippen molar-refractivity contribution < 1.29 is 9.59 Å². The summed E-state index contributed by atoms with van der Waals surface area (Å²) in [5.41, 5.74) is 0.817. The Morgan fingerprint density at radius 3 is 2.83 bits per heavy atom. The van der Waals surface area contributed by atoms with E-state index in [0.717, 1.165) is 24.8 Å². The van der Waals surface area contributed by atoms with E-state index < -0.39 is 0 Å². The van der Waals surface area contributed by atoms with E-state index in [1.165, 1.54) is 0 Å². The van der Waals surface area contributed by atoms with Crippen molar-refractivity contribution in [3.8, 4) is 0 Å². The summed E-state index contributed by atoms with van der Waals surface area (Å²) < 4.78 is 0. The van der Waals surface area contributed by atoms with E-state index in [1.807, 2.05) is 6.08 Å². The molecule has 0 aromatic heterocycles. The molecule has 0 bridgehead atoms. The predicted molar refractivity (Wildman–Crippen MR) is 44.7 cm³/mol.